The fourth-order valence-corrected chi connectivity index (χ4v) is 2.95. The lowest BCUT2D eigenvalue weighted by Crippen LogP contribution is -2.08. The first-order valence-corrected chi connectivity index (χ1v) is 6.68. The Morgan fingerprint density at radius 3 is 2.84 bits per heavy atom. The Hall–Kier alpha value is -1.97. The first-order valence-electron chi connectivity index (χ1n) is 5.39. The highest BCUT2D eigenvalue weighted by Gasteiger charge is 2.22. The van der Waals surface area contributed by atoms with Gasteiger partial charge in [0.15, 0.2) is 0 Å². The molecule has 2 rings (SSSR count). The van der Waals surface area contributed by atoms with E-state index in [0.29, 0.717) is 16.8 Å². The molecule has 19 heavy (non-hydrogen) atoms. The Morgan fingerprint density at radius 2 is 2.32 bits per heavy atom. The van der Waals surface area contributed by atoms with E-state index in [9.17, 15) is 10.1 Å². The predicted octanol–water partition coefficient (Wildman–Crippen LogP) is 3.44. The van der Waals surface area contributed by atoms with Crippen molar-refractivity contribution in [3.8, 4) is 16.5 Å². The first-order chi connectivity index (χ1) is 9.10. The molecule has 0 saturated heterocycles. The van der Waals surface area contributed by atoms with E-state index in [-0.39, 0.29) is 10.2 Å². The van der Waals surface area contributed by atoms with Gasteiger partial charge in [0.1, 0.15) is 16.3 Å². The zero-order valence-electron chi connectivity index (χ0n) is 10.3. The van der Waals surface area contributed by atoms with Crippen LogP contribution < -0.4 is 0 Å². The maximum atomic E-state index is 11.9. The number of esters is 1. The van der Waals surface area contributed by atoms with Crippen molar-refractivity contribution in [1.29, 1.82) is 5.26 Å². The average Bonchev–Trinajstić information content (AvgIpc) is 2.90. The predicted molar refractivity (Wildman–Crippen MR) is 75.7 cm³/mol. The second-order valence-electron chi connectivity index (χ2n) is 3.78. The molecule has 0 atom stereocenters. The monoisotopic (exact) mass is 290 g/mol. The molecule has 96 valence electrons. The summed E-state index contributed by atoms with van der Waals surface area (Å²) in [5, 5.41) is 11.2. The van der Waals surface area contributed by atoms with Crippen LogP contribution in [0.25, 0.3) is 10.4 Å². The Morgan fingerprint density at radius 1 is 1.58 bits per heavy atom. The van der Waals surface area contributed by atoms with Crippen LogP contribution in [0.2, 0.25) is 0 Å². The molecule has 0 aromatic carbocycles. The number of hydrogen-bond acceptors (Lipinski definition) is 5. The highest BCUT2D eigenvalue weighted by molar-refractivity contribution is 7.71. The van der Waals surface area contributed by atoms with Gasteiger partial charge in [-0.15, -0.1) is 11.3 Å². The zero-order valence-corrected chi connectivity index (χ0v) is 11.9. The lowest BCUT2D eigenvalue weighted by molar-refractivity contribution is 0.0600. The van der Waals surface area contributed by atoms with Gasteiger partial charge >= 0.3 is 5.97 Å². The molecule has 1 N–H and O–H groups in total. The van der Waals surface area contributed by atoms with Crippen molar-refractivity contribution >= 4 is 29.5 Å². The summed E-state index contributed by atoms with van der Waals surface area (Å²) in [4.78, 5) is 15.6. The molecule has 0 bridgehead atoms. The van der Waals surface area contributed by atoms with Gasteiger partial charge in [0.25, 0.3) is 0 Å². The standard InChI is InChI=1S/C13H10N2O2S2/c1-7-8(6-14)10(9-4-3-5-19-9)11(12(18)15-7)13(16)17-2/h3-5H,1-2H3,(H,15,18). The third-order valence-electron chi connectivity index (χ3n) is 2.67. The number of rotatable bonds is 2. The maximum Gasteiger partial charge on any atom is 0.341 e. The van der Waals surface area contributed by atoms with Crippen LogP contribution in [0.5, 0.6) is 0 Å². The van der Waals surface area contributed by atoms with Crippen LogP contribution in [0.4, 0.5) is 0 Å². The van der Waals surface area contributed by atoms with Gasteiger partial charge < -0.3 is 9.72 Å². The van der Waals surface area contributed by atoms with Gasteiger partial charge in [-0.25, -0.2) is 4.79 Å². The topological polar surface area (TPSA) is 65.9 Å². The SMILES string of the molecule is COC(=O)c1c(-c2cccs2)c(C#N)c(C)[nH]c1=S. The summed E-state index contributed by atoms with van der Waals surface area (Å²) < 4.78 is 5.05. The lowest BCUT2D eigenvalue weighted by atomic mass is 10.0. The lowest BCUT2D eigenvalue weighted by Gasteiger charge is -2.11. The Bertz CT molecular complexity index is 724. The van der Waals surface area contributed by atoms with E-state index in [1.165, 1.54) is 18.4 Å². The van der Waals surface area contributed by atoms with Crippen molar-refractivity contribution < 1.29 is 9.53 Å². The molecule has 0 unspecified atom stereocenters. The number of nitriles is 1. The molecule has 2 aromatic heterocycles. The van der Waals surface area contributed by atoms with E-state index >= 15 is 0 Å². The summed E-state index contributed by atoms with van der Waals surface area (Å²) in [5.41, 5.74) is 1.84. The molecule has 0 fully saturated rings. The van der Waals surface area contributed by atoms with Crippen molar-refractivity contribution in [2.24, 2.45) is 0 Å². The van der Waals surface area contributed by atoms with Crippen molar-refractivity contribution in [2.45, 2.75) is 6.92 Å². The van der Waals surface area contributed by atoms with E-state index < -0.39 is 5.97 Å². The van der Waals surface area contributed by atoms with Crippen molar-refractivity contribution in [2.75, 3.05) is 7.11 Å². The molecule has 0 saturated carbocycles. The minimum atomic E-state index is -0.541. The number of ether oxygens (including phenoxy) is 1. The smallest absolute Gasteiger partial charge is 0.341 e. The van der Waals surface area contributed by atoms with Gasteiger partial charge in [-0.05, 0) is 18.4 Å². The molecule has 0 aliphatic rings. The number of hydrogen-bond donors (Lipinski definition) is 1. The molecular weight excluding hydrogens is 280 g/mol. The van der Waals surface area contributed by atoms with Gasteiger partial charge in [-0.3, -0.25) is 0 Å². The van der Waals surface area contributed by atoms with E-state index in [1.807, 2.05) is 17.5 Å². The Labute approximate surface area is 119 Å². The Kier molecular flexibility index (Phi) is 3.79. The second kappa shape index (κ2) is 5.34. The van der Waals surface area contributed by atoms with Crippen molar-refractivity contribution in [1.82, 2.24) is 4.98 Å². The van der Waals surface area contributed by atoms with E-state index in [1.54, 1.807) is 6.92 Å². The van der Waals surface area contributed by atoms with Gasteiger partial charge in [0.05, 0.1) is 12.7 Å². The fraction of sp³-hybridized carbons (Fsp3) is 0.154. The fourth-order valence-electron chi connectivity index (χ4n) is 1.83. The van der Waals surface area contributed by atoms with E-state index in [0.717, 1.165) is 4.88 Å². The average molecular weight is 290 g/mol. The van der Waals surface area contributed by atoms with Crippen LogP contribution in [-0.4, -0.2) is 18.1 Å². The number of aromatic nitrogens is 1. The van der Waals surface area contributed by atoms with Gasteiger partial charge in [-0.2, -0.15) is 5.26 Å². The van der Waals surface area contributed by atoms with Crippen LogP contribution in [0.1, 0.15) is 21.6 Å². The number of nitrogens with one attached hydrogen (secondary N) is 1. The number of methoxy groups -OCH3 is 1. The van der Waals surface area contributed by atoms with Crippen LogP contribution in [0.15, 0.2) is 17.5 Å². The molecule has 4 nitrogen and oxygen atoms in total. The number of nitrogens with zero attached hydrogens (tertiary/aromatic N) is 1. The van der Waals surface area contributed by atoms with Gasteiger partial charge in [0, 0.05) is 16.1 Å². The molecule has 0 amide bonds. The van der Waals surface area contributed by atoms with Crippen LogP contribution in [-0.2, 0) is 4.74 Å². The van der Waals surface area contributed by atoms with E-state index in [4.69, 9.17) is 17.0 Å². The quantitative estimate of drug-likeness (QED) is 0.679. The summed E-state index contributed by atoms with van der Waals surface area (Å²) in [6, 6.07) is 5.83. The highest BCUT2D eigenvalue weighted by atomic mass is 32.1. The molecule has 6 heteroatoms. The van der Waals surface area contributed by atoms with Crippen LogP contribution >= 0.6 is 23.6 Å². The molecule has 0 spiro atoms. The summed E-state index contributed by atoms with van der Waals surface area (Å²) in [7, 11) is 1.29. The minimum absolute atomic E-state index is 0.238. The summed E-state index contributed by atoms with van der Waals surface area (Å²) in [6.07, 6.45) is 0. The maximum absolute atomic E-state index is 11.9. The molecule has 2 heterocycles. The van der Waals surface area contributed by atoms with Crippen molar-refractivity contribution in [3.05, 3.63) is 39.0 Å². The zero-order chi connectivity index (χ0) is 14.0. The number of pyridine rings is 1. The number of carbonyl (C=O) groups is 1. The van der Waals surface area contributed by atoms with E-state index in [2.05, 4.69) is 11.1 Å². The van der Waals surface area contributed by atoms with Gasteiger partial charge in [-0.1, -0.05) is 18.3 Å². The summed E-state index contributed by atoms with van der Waals surface area (Å²) in [6.45, 7) is 1.76. The minimum Gasteiger partial charge on any atom is -0.465 e. The number of H-pyrrole nitrogens is 1. The highest BCUT2D eigenvalue weighted by Crippen LogP contribution is 2.33. The van der Waals surface area contributed by atoms with Crippen LogP contribution in [0, 0.1) is 22.9 Å². The third kappa shape index (κ3) is 2.30. The van der Waals surface area contributed by atoms with Crippen LogP contribution in [0.3, 0.4) is 0 Å². The summed E-state index contributed by atoms with van der Waals surface area (Å²) in [5.74, 6) is -0.541. The third-order valence-corrected chi connectivity index (χ3v) is 3.87. The number of aromatic amines is 1. The Balaban J connectivity index is 2.91. The number of thiophene rings is 1. The first kappa shape index (κ1) is 13.5. The number of carbonyl (C=O) groups excluding carboxylic acids is 1. The van der Waals surface area contributed by atoms with Crippen molar-refractivity contribution in [3.63, 3.8) is 0 Å². The summed E-state index contributed by atoms with van der Waals surface area (Å²) >= 11 is 6.64. The molecule has 0 radical (unpaired) electrons. The molecular formula is C13H10N2O2S2. The van der Waals surface area contributed by atoms with Gasteiger partial charge in [0.2, 0.25) is 0 Å². The second-order valence-corrected chi connectivity index (χ2v) is 5.14. The molecule has 0 aliphatic carbocycles. The largest absolute Gasteiger partial charge is 0.465 e. The normalized spacial score (nSPS) is 9.95. The molecule has 2 aromatic rings. The molecule has 0 aliphatic heterocycles. The number of aryl methyl sites for hydroxylation is 1.